The second-order valence-corrected chi connectivity index (χ2v) is 11.4. The average Bonchev–Trinajstić information content (AvgIpc) is 3.17. The number of nitriles is 1. The molecule has 48 heavy (non-hydrogen) atoms. The summed E-state index contributed by atoms with van der Waals surface area (Å²) < 4.78 is 0. The number of allylic oxidation sites excluding steroid dienone is 4. The SMILES string of the molecule is C=C/C=C(\C=C)c1cc(-c2ccccc2)nc(-c2cccc(-c3ccc(-c4ccc(-c5ccc(C#N)cc5)cc4)c4ccccc34)c2)n1. The summed E-state index contributed by atoms with van der Waals surface area (Å²) in [5.74, 6) is 0.647. The van der Waals surface area contributed by atoms with Gasteiger partial charge >= 0.3 is 0 Å². The van der Waals surface area contributed by atoms with E-state index < -0.39 is 0 Å². The second-order valence-electron chi connectivity index (χ2n) is 11.4. The number of fused-ring (bicyclic) bond motifs is 1. The molecule has 7 rings (SSSR count). The first-order chi connectivity index (χ1) is 23.6. The lowest BCUT2D eigenvalue weighted by Gasteiger charge is -2.14. The number of aromatic nitrogens is 2. The summed E-state index contributed by atoms with van der Waals surface area (Å²) in [5, 5.41) is 11.5. The largest absolute Gasteiger partial charge is 0.228 e. The molecular weight excluding hydrogens is 583 g/mol. The van der Waals surface area contributed by atoms with Crippen LogP contribution in [-0.4, -0.2) is 9.97 Å². The van der Waals surface area contributed by atoms with E-state index in [1.54, 1.807) is 12.2 Å². The van der Waals surface area contributed by atoms with Crippen LogP contribution in [0.2, 0.25) is 0 Å². The minimum atomic E-state index is 0.647. The molecule has 0 aliphatic rings. The zero-order chi connectivity index (χ0) is 32.9. The fourth-order valence-electron chi connectivity index (χ4n) is 6.07. The van der Waals surface area contributed by atoms with Gasteiger partial charge in [0.2, 0.25) is 0 Å². The van der Waals surface area contributed by atoms with Gasteiger partial charge in [-0.1, -0.05) is 153 Å². The van der Waals surface area contributed by atoms with Gasteiger partial charge in [-0.15, -0.1) is 0 Å². The normalized spacial score (nSPS) is 11.2. The van der Waals surface area contributed by atoms with Gasteiger partial charge in [-0.2, -0.15) is 5.26 Å². The third-order valence-corrected chi connectivity index (χ3v) is 8.51. The lowest BCUT2D eigenvalue weighted by molar-refractivity contribution is 1.16. The van der Waals surface area contributed by atoms with E-state index in [2.05, 4.69) is 116 Å². The van der Waals surface area contributed by atoms with E-state index in [-0.39, 0.29) is 0 Å². The lowest BCUT2D eigenvalue weighted by Crippen LogP contribution is -1.98. The summed E-state index contributed by atoms with van der Waals surface area (Å²) in [7, 11) is 0. The molecule has 3 nitrogen and oxygen atoms in total. The number of benzene rings is 6. The smallest absolute Gasteiger partial charge is 0.160 e. The molecule has 7 aromatic rings. The number of rotatable bonds is 8. The Balaban J connectivity index is 1.29. The minimum absolute atomic E-state index is 0.647. The molecule has 6 aromatic carbocycles. The Kier molecular flexibility index (Phi) is 8.38. The van der Waals surface area contributed by atoms with E-state index in [9.17, 15) is 0 Å². The van der Waals surface area contributed by atoms with E-state index >= 15 is 0 Å². The topological polar surface area (TPSA) is 49.6 Å². The highest BCUT2D eigenvalue weighted by Gasteiger charge is 2.14. The molecule has 0 atom stereocenters. The van der Waals surface area contributed by atoms with Gasteiger partial charge in [-0.05, 0) is 74.0 Å². The Hall–Kier alpha value is -6.63. The maximum absolute atomic E-state index is 9.15. The van der Waals surface area contributed by atoms with Crippen molar-refractivity contribution in [3.05, 3.63) is 188 Å². The highest BCUT2D eigenvalue weighted by molar-refractivity contribution is 6.05. The van der Waals surface area contributed by atoms with E-state index in [4.69, 9.17) is 15.2 Å². The van der Waals surface area contributed by atoms with E-state index in [1.165, 1.54) is 16.3 Å². The van der Waals surface area contributed by atoms with Crippen molar-refractivity contribution >= 4 is 16.3 Å². The molecule has 0 spiro atoms. The molecule has 226 valence electrons. The highest BCUT2D eigenvalue weighted by Crippen LogP contribution is 2.37. The predicted octanol–water partition coefficient (Wildman–Crippen LogP) is 11.6. The zero-order valence-electron chi connectivity index (χ0n) is 26.3. The lowest BCUT2D eigenvalue weighted by atomic mass is 9.91. The second kappa shape index (κ2) is 13.4. The molecule has 0 aliphatic carbocycles. The molecule has 3 heteroatoms. The van der Waals surface area contributed by atoms with E-state index in [0.717, 1.165) is 55.9 Å². The minimum Gasteiger partial charge on any atom is -0.228 e. The molecule has 0 saturated carbocycles. The fourth-order valence-corrected chi connectivity index (χ4v) is 6.07. The molecule has 0 unspecified atom stereocenters. The summed E-state index contributed by atoms with van der Waals surface area (Å²) in [5.41, 5.74) is 11.9. The molecular formula is C45H31N3. The molecule has 0 saturated heterocycles. The highest BCUT2D eigenvalue weighted by atomic mass is 14.9. The summed E-state index contributed by atoms with van der Waals surface area (Å²) in [6.07, 6.45) is 5.46. The number of hydrogen-bond donors (Lipinski definition) is 0. The van der Waals surface area contributed by atoms with Gasteiger partial charge in [-0.25, -0.2) is 9.97 Å². The monoisotopic (exact) mass is 613 g/mol. The van der Waals surface area contributed by atoms with Crippen molar-refractivity contribution in [2.75, 3.05) is 0 Å². The van der Waals surface area contributed by atoms with Crippen molar-refractivity contribution in [1.29, 1.82) is 5.26 Å². The Morgan fingerprint density at radius 3 is 1.77 bits per heavy atom. The van der Waals surface area contributed by atoms with Gasteiger partial charge in [0.25, 0.3) is 0 Å². The maximum Gasteiger partial charge on any atom is 0.160 e. The molecule has 0 amide bonds. The van der Waals surface area contributed by atoms with Gasteiger partial charge in [-0.3, -0.25) is 0 Å². The van der Waals surface area contributed by atoms with Crippen LogP contribution in [0.15, 0.2) is 177 Å². The van der Waals surface area contributed by atoms with Crippen LogP contribution in [0.5, 0.6) is 0 Å². The average molecular weight is 614 g/mol. The summed E-state index contributed by atoms with van der Waals surface area (Å²) in [6.45, 7) is 7.89. The van der Waals surface area contributed by atoms with Crippen molar-refractivity contribution < 1.29 is 0 Å². The summed E-state index contributed by atoms with van der Waals surface area (Å²) in [6, 6.07) is 52.1. The van der Waals surface area contributed by atoms with Gasteiger partial charge in [0.1, 0.15) is 0 Å². The van der Waals surface area contributed by atoms with Crippen molar-refractivity contribution in [3.63, 3.8) is 0 Å². The maximum atomic E-state index is 9.15. The van der Waals surface area contributed by atoms with E-state index in [0.29, 0.717) is 11.4 Å². The van der Waals surface area contributed by atoms with Gasteiger partial charge in [0.05, 0.1) is 23.0 Å². The van der Waals surface area contributed by atoms with Crippen LogP contribution >= 0.6 is 0 Å². The Morgan fingerprint density at radius 1 is 0.542 bits per heavy atom. The standard InChI is InChI=1S/C45H31N3/c1-3-11-32(4-2)43-29-44(36-12-6-5-7-13-36)48-45(47-43)38-15-10-14-37(28-38)40-27-26-39(41-16-8-9-17-42(40)41)35-24-22-34(23-25-35)33-20-18-31(30-46)19-21-33/h3-29H,1-2H2/b32-11+. The number of hydrogen-bond acceptors (Lipinski definition) is 3. The van der Waals surface area contributed by atoms with Crippen LogP contribution in [0.1, 0.15) is 11.3 Å². The third-order valence-electron chi connectivity index (χ3n) is 8.51. The third kappa shape index (κ3) is 5.99. The molecule has 0 aliphatic heterocycles. The first-order valence-corrected chi connectivity index (χ1v) is 15.8. The molecule has 0 bridgehead atoms. The fraction of sp³-hybridized carbons (Fsp3) is 0. The van der Waals surface area contributed by atoms with Crippen molar-refractivity contribution in [3.8, 4) is 62.1 Å². The van der Waals surface area contributed by atoms with Crippen LogP contribution in [-0.2, 0) is 0 Å². The first-order valence-electron chi connectivity index (χ1n) is 15.8. The van der Waals surface area contributed by atoms with Crippen LogP contribution < -0.4 is 0 Å². The molecule has 0 N–H and O–H groups in total. The molecule has 1 heterocycles. The number of nitrogens with zero attached hydrogens (tertiary/aromatic N) is 3. The first kappa shape index (κ1) is 30.0. The quantitative estimate of drug-likeness (QED) is 0.160. The van der Waals surface area contributed by atoms with Gasteiger partial charge in [0, 0.05) is 11.1 Å². The zero-order valence-corrected chi connectivity index (χ0v) is 26.3. The molecule has 1 aromatic heterocycles. The Bertz CT molecular complexity index is 2360. The predicted molar refractivity (Wildman–Crippen MR) is 200 cm³/mol. The van der Waals surface area contributed by atoms with Crippen LogP contribution in [0.3, 0.4) is 0 Å². The van der Waals surface area contributed by atoms with E-state index in [1.807, 2.05) is 54.6 Å². The van der Waals surface area contributed by atoms with Crippen molar-refractivity contribution in [1.82, 2.24) is 9.97 Å². The van der Waals surface area contributed by atoms with Gasteiger partial charge in [0.15, 0.2) is 5.82 Å². The summed E-state index contributed by atoms with van der Waals surface area (Å²) in [4.78, 5) is 10.0. The van der Waals surface area contributed by atoms with Gasteiger partial charge < -0.3 is 0 Å². The Morgan fingerprint density at radius 2 is 1.12 bits per heavy atom. The van der Waals surface area contributed by atoms with Crippen LogP contribution in [0.25, 0.3) is 72.4 Å². The molecule has 0 fully saturated rings. The van der Waals surface area contributed by atoms with Crippen LogP contribution in [0.4, 0.5) is 0 Å². The Labute approximate surface area is 281 Å². The summed E-state index contributed by atoms with van der Waals surface area (Å²) >= 11 is 0. The van der Waals surface area contributed by atoms with Crippen molar-refractivity contribution in [2.45, 2.75) is 0 Å². The van der Waals surface area contributed by atoms with Crippen LogP contribution in [0, 0.1) is 11.3 Å². The van der Waals surface area contributed by atoms with Crippen molar-refractivity contribution in [2.24, 2.45) is 0 Å². The molecule has 0 radical (unpaired) electrons.